The first kappa shape index (κ1) is 25.4. The molecule has 164 valence electrons. The minimum Gasteiger partial charge on any atom is -0.478 e. The normalized spacial score (nSPS) is 11.7. The number of amides is 1. The topological polar surface area (TPSA) is 66.8 Å². The summed E-state index contributed by atoms with van der Waals surface area (Å²) >= 11 is 0. The molecule has 0 atom stereocenters. The Morgan fingerprint density at radius 1 is 1.07 bits per heavy atom. The molecule has 5 nitrogen and oxygen atoms in total. The van der Waals surface area contributed by atoms with Crippen molar-refractivity contribution in [3.63, 3.8) is 0 Å². The molecule has 29 heavy (non-hydrogen) atoms. The van der Waals surface area contributed by atoms with Crippen molar-refractivity contribution in [2.45, 2.75) is 72.0 Å². The smallest absolute Gasteiger partial charge is 0.335 e. The minimum absolute atomic E-state index is 0.0801. The van der Waals surface area contributed by atoms with Crippen LogP contribution in [0.4, 0.5) is 0 Å². The standard InChI is InChI=1S/C23H39NO4Si/c1-6-7-8-9-14-24(15-16-28-29(4,5)18-19(2)3)22(25)17-20-10-12-21(13-11-20)23(26)27/h10-13,19H,6-9,14-18H2,1-5H3,(H,26,27). The van der Waals surface area contributed by atoms with Crippen LogP contribution >= 0.6 is 0 Å². The van der Waals surface area contributed by atoms with E-state index in [0.717, 1.165) is 31.0 Å². The van der Waals surface area contributed by atoms with Crippen LogP contribution in [-0.2, 0) is 15.6 Å². The van der Waals surface area contributed by atoms with Crippen LogP contribution in [0.25, 0.3) is 0 Å². The fourth-order valence-electron chi connectivity index (χ4n) is 3.62. The molecule has 6 heteroatoms. The highest BCUT2D eigenvalue weighted by atomic mass is 28.4. The summed E-state index contributed by atoms with van der Waals surface area (Å²) in [5.74, 6) is -0.250. The van der Waals surface area contributed by atoms with E-state index in [-0.39, 0.29) is 11.5 Å². The van der Waals surface area contributed by atoms with Crippen LogP contribution in [0, 0.1) is 5.92 Å². The Bertz CT molecular complexity index is 628. The summed E-state index contributed by atoms with van der Waals surface area (Å²) < 4.78 is 6.22. The van der Waals surface area contributed by atoms with Gasteiger partial charge in [0.15, 0.2) is 8.32 Å². The van der Waals surface area contributed by atoms with Gasteiger partial charge in [-0.3, -0.25) is 4.79 Å². The number of unbranched alkanes of at least 4 members (excludes halogenated alkanes) is 3. The van der Waals surface area contributed by atoms with Crippen molar-refractivity contribution in [2.75, 3.05) is 19.7 Å². The maximum absolute atomic E-state index is 12.9. The molecule has 0 bridgehead atoms. The molecule has 0 aliphatic heterocycles. The zero-order chi connectivity index (χ0) is 21.9. The average molecular weight is 422 g/mol. The van der Waals surface area contributed by atoms with Crippen LogP contribution in [0.3, 0.4) is 0 Å². The second-order valence-electron chi connectivity index (χ2n) is 8.83. The van der Waals surface area contributed by atoms with Crippen LogP contribution in [0.5, 0.6) is 0 Å². The van der Waals surface area contributed by atoms with Crippen LogP contribution in [-0.4, -0.2) is 49.9 Å². The molecule has 0 saturated heterocycles. The van der Waals surface area contributed by atoms with Crippen molar-refractivity contribution in [1.29, 1.82) is 0 Å². The molecule has 0 radical (unpaired) electrons. The predicted molar refractivity (Wildman–Crippen MR) is 121 cm³/mol. The average Bonchev–Trinajstić information content (AvgIpc) is 2.62. The van der Waals surface area contributed by atoms with E-state index < -0.39 is 14.3 Å². The van der Waals surface area contributed by atoms with Crippen molar-refractivity contribution in [1.82, 2.24) is 4.90 Å². The summed E-state index contributed by atoms with van der Waals surface area (Å²) in [5, 5.41) is 9.02. The number of rotatable bonds is 14. The van der Waals surface area contributed by atoms with E-state index in [1.54, 1.807) is 24.3 Å². The molecule has 0 fully saturated rings. The van der Waals surface area contributed by atoms with Gasteiger partial charge in [0.05, 0.1) is 18.6 Å². The first-order chi connectivity index (χ1) is 13.6. The molecule has 0 aliphatic rings. The summed E-state index contributed by atoms with van der Waals surface area (Å²) in [4.78, 5) is 25.8. The van der Waals surface area contributed by atoms with E-state index >= 15 is 0 Å². The Morgan fingerprint density at radius 3 is 2.28 bits per heavy atom. The third-order valence-electron chi connectivity index (χ3n) is 4.94. The van der Waals surface area contributed by atoms with Gasteiger partial charge in [0.2, 0.25) is 5.91 Å². The van der Waals surface area contributed by atoms with Gasteiger partial charge in [0.1, 0.15) is 0 Å². The molecular weight excluding hydrogens is 382 g/mol. The lowest BCUT2D eigenvalue weighted by molar-refractivity contribution is -0.131. The number of carbonyl (C=O) groups excluding carboxylic acids is 1. The number of nitrogens with zero attached hydrogens (tertiary/aromatic N) is 1. The zero-order valence-electron chi connectivity index (χ0n) is 18.9. The highest BCUT2D eigenvalue weighted by Gasteiger charge is 2.24. The van der Waals surface area contributed by atoms with Crippen LogP contribution in [0.15, 0.2) is 24.3 Å². The molecule has 0 spiro atoms. The molecule has 1 aromatic carbocycles. The van der Waals surface area contributed by atoms with Crippen LogP contribution in [0.1, 0.15) is 62.4 Å². The molecule has 0 aliphatic carbocycles. The lowest BCUT2D eigenvalue weighted by Gasteiger charge is -2.28. The Labute approximate surface area is 177 Å². The van der Waals surface area contributed by atoms with Gasteiger partial charge >= 0.3 is 5.97 Å². The molecular formula is C23H39NO4Si. The number of benzene rings is 1. The highest BCUT2D eigenvalue weighted by Crippen LogP contribution is 2.18. The van der Waals surface area contributed by atoms with E-state index in [2.05, 4.69) is 33.9 Å². The van der Waals surface area contributed by atoms with E-state index in [1.165, 1.54) is 12.8 Å². The number of carboxylic acid groups (broad SMARTS) is 1. The monoisotopic (exact) mass is 421 g/mol. The molecule has 0 saturated carbocycles. The van der Waals surface area contributed by atoms with Gasteiger partial charge in [-0.15, -0.1) is 0 Å². The first-order valence-electron chi connectivity index (χ1n) is 10.9. The molecule has 1 amide bonds. The maximum atomic E-state index is 12.9. The minimum atomic E-state index is -1.70. The Morgan fingerprint density at radius 2 is 1.72 bits per heavy atom. The predicted octanol–water partition coefficient (Wildman–Crippen LogP) is 5.21. The summed E-state index contributed by atoms with van der Waals surface area (Å²) in [6.45, 7) is 13.1. The van der Waals surface area contributed by atoms with Gasteiger partial charge in [-0.25, -0.2) is 4.79 Å². The lowest BCUT2D eigenvalue weighted by atomic mass is 10.1. The van der Waals surface area contributed by atoms with Crippen LogP contribution < -0.4 is 0 Å². The fourth-order valence-corrected chi connectivity index (χ4v) is 6.34. The molecule has 0 unspecified atom stereocenters. The summed E-state index contributed by atoms with van der Waals surface area (Å²) in [6, 6.07) is 7.68. The summed E-state index contributed by atoms with van der Waals surface area (Å²) in [5.41, 5.74) is 1.08. The van der Waals surface area contributed by atoms with E-state index in [4.69, 9.17) is 9.53 Å². The highest BCUT2D eigenvalue weighted by molar-refractivity contribution is 6.71. The molecule has 1 aromatic rings. The van der Waals surface area contributed by atoms with Crippen molar-refractivity contribution in [3.05, 3.63) is 35.4 Å². The van der Waals surface area contributed by atoms with Crippen molar-refractivity contribution >= 4 is 20.2 Å². The van der Waals surface area contributed by atoms with E-state index in [9.17, 15) is 9.59 Å². The van der Waals surface area contributed by atoms with Crippen molar-refractivity contribution < 1.29 is 19.1 Å². The second-order valence-corrected chi connectivity index (χ2v) is 13.0. The Hall–Kier alpha value is -1.66. The largest absolute Gasteiger partial charge is 0.478 e. The van der Waals surface area contributed by atoms with Crippen LogP contribution in [0.2, 0.25) is 19.1 Å². The Balaban J connectivity index is 2.66. The van der Waals surface area contributed by atoms with E-state index in [0.29, 0.717) is 25.5 Å². The second kappa shape index (κ2) is 12.8. The lowest BCUT2D eigenvalue weighted by Crippen LogP contribution is -2.39. The van der Waals surface area contributed by atoms with Gasteiger partial charge < -0.3 is 14.4 Å². The maximum Gasteiger partial charge on any atom is 0.335 e. The number of carboxylic acids is 1. The summed E-state index contributed by atoms with van der Waals surface area (Å²) in [7, 11) is -1.70. The van der Waals surface area contributed by atoms with Gasteiger partial charge in [0, 0.05) is 13.1 Å². The molecule has 1 N–H and O–H groups in total. The van der Waals surface area contributed by atoms with E-state index in [1.807, 2.05) is 4.90 Å². The number of hydrogen-bond acceptors (Lipinski definition) is 3. The molecule has 0 aromatic heterocycles. The quantitative estimate of drug-likeness (QED) is 0.331. The number of carbonyl (C=O) groups is 2. The number of hydrogen-bond donors (Lipinski definition) is 1. The van der Waals surface area contributed by atoms with Gasteiger partial charge in [-0.05, 0) is 49.2 Å². The van der Waals surface area contributed by atoms with Gasteiger partial charge in [-0.1, -0.05) is 52.2 Å². The Kier molecular flexibility index (Phi) is 11.2. The molecule has 0 heterocycles. The number of aromatic carboxylic acids is 1. The third kappa shape index (κ3) is 10.6. The SMILES string of the molecule is CCCCCCN(CCO[Si](C)(C)CC(C)C)C(=O)Cc1ccc(C(=O)O)cc1. The molecule has 1 rings (SSSR count). The van der Waals surface area contributed by atoms with Crippen molar-refractivity contribution in [2.24, 2.45) is 5.92 Å². The van der Waals surface area contributed by atoms with Crippen molar-refractivity contribution in [3.8, 4) is 0 Å². The van der Waals surface area contributed by atoms with Gasteiger partial charge in [0.25, 0.3) is 0 Å². The third-order valence-corrected chi connectivity index (χ3v) is 7.73. The first-order valence-corrected chi connectivity index (χ1v) is 14.0. The zero-order valence-corrected chi connectivity index (χ0v) is 19.9. The fraction of sp³-hybridized carbons (Fsp3) is 0.652. The summed E-state index contributed by atoms with van der Waals surface area (Å²) in [6.07, 6.45) is 4.78. The van der Waals surface area contributed by atoms with Gasteiger partial charge in [-0.2, -0.15) is 0 Å².